The van der Waals surface area contributed by atoms with Crippen LogP contribution in [-0.4, -0.2) is 16.0 Å². The molecular weight excluding hydrogens is 456 g/mol. The molecule has 0 bridgehead atoms. The van der Waals surface area contributed by atoms with Crippen molar-refractivity contribution in [3.8, 4) is 22.6 Å². The first-order valence-corrected chi connectivity index (χ1v) is 12.3. The zero-order valence-electron chi connectivity index (χ0n) is 19.8. The van der Waals surface area contributed by atoms with E-state index in [0.717, 1.165) is 38.2 Å². The van der Waals surface area contributed by atoms with E-state index < -0.39 is 5.41 Å². The van der Waals surface area contributed by atoms with Crippen LogP contribution in [0.4, 0.5) is 0 Å². The van der Waals surface area contributed by atoms with Gasteiger partial charge in [0, 0.05) is 16.7 Å². The van der Waals surface area contributed by atoms with E-state index in [2.05, 4.69) is 0 Å². The summed E-state index contributed by atoms with van der Waals surface area (Å²) in [5.74, 6) is -0.165. The van der Waals surface area contributed by atoms with Gasteiger partial charge in [-0.25, -0.2) is 0 Å². The minimum Gasteiger partial charge on any atom is -0.508 e. The number of aromatic hydroxyl groups is 2. The van der Waals surface area contributed by atoms with Crippen LogP contribution in [0.25, 0.3) is 32.7 Å². The molecular formula is C34H22O3. The second-order valence-corrected chi connectivity index (χ2v) is 9.53. The number of ketones is 1. The smallest absolute Gasteiger partial charge is 0.183 e. The Labute approximate surface area is 213 Å². The Morgan fingerprint density at radius 2 is 0.919 bits per heavy atom. The van der Waals surface area contributed by atoms with Crippen molar-refractivity contribution in [2.24, 2.45) is 0 Å². The standard InChI is InChI=1S/C34H22O3/c35-29-19-17-21-9-1-3-11-23(21)31(29)34(32-24-12-4-2-10-22(24)18-20-30(32)36)28-16-8-7-14-26(28)25-13-5-6-15-27(25)33(34)37/h1-20,35-36H. The third kappa shape index (κ3) is 2.80. The molecule has 0 radical (unpaired) electrons. The third-order valence-electron chi connectivity index (χ3n) is 7.70. The van der Waals surface area contributed by atoms with E-state index in [1.54, 1.807) is 12.1 Å². The molecule has 7 rings (SSSR count). The van der Waals surface area contributed by atoms with Gasteiger partial charge < -0.3 is 10.2 Å². The Morgan fingerprint density at radius 3 is 1.51 bits per heavy atom. The molecule has 1 aliphatic rings. The van der Waals surface area contributed by atoms with Gasteiger partial charge in [0.25, 0.3) is 0 Å². The lowest BCUT2D eigenvalue weighted by molar-refractivity contribution is 0.0931. The van der Waals surface area contributed by atoms with Crippen LogP contribution in [0.3, 0.4) is 0 Å². The molecule has 37 heavy (non-hydrogen) atoms. The van der Waals surface area contributed by atoms with Crippen LogP contribution >= 0.6 is 0 Å². The fourth-order valence-electron chi connectivity index (χ4n) is 6.21. The molecule has 1 aliphatic carbocycles. The Hall–Kier alpha value is -4.89. The molecule has 0 aromatic heterocycles. The maximum absolute atomic E-state index is 15.1. The summed E-state index contributed by atoms with van der Waals surface area (Å²) in [4.78, 5) is 15.1. The molecule has 0 saturated heterocycles. The lowest BCUT2D eigenvalue weighted by Crippen LogP contribution is -2.42. The summed E-state index contributed by atoms with van der Waals surface area (Å²) in [6, 6.07) is 38.0. The van der Waals surface area contributed by atoms with Crippen LogP contribution in [0.15, 0.2) is 121 Å². The number of benzene rings is 6. The van der Waals surface area contributed by atoms with Crippen molar-refractivity contribution in [3.05, 3.63) is 144 Å². The van der Waals surface area contributed by atoms with Crippen LogP contribution in [-0.2, 0) is 5.41 Å². The van der Waals surface area contributed by atoms with Gasteiger partial charge in [0.15, 0.2) is 5.78 Å². The lowest BCUT2D eigenvalue weighted by Gasteiger charge is -2.41. The molecule has 0 fully saturated rings. The van der Waals surface area contributed by atoms with Crippen LogP contribution in [0, 0.1) is 0 Å². The van der Waals surface area contributed by atoms with E-state index in [1.807, 2.05) is 109 Å². The van der Waals surface area contributed by atoms with Crippen LogP contribution < -0.4 is 0 Å². The zero-order chi connectivity index (χ0) is 25.1. The number of phenolic OH excluding ortho intramolecular Hbond substituents is 2. The van der Waals surface area contributed by atoms with Gasteiger partial charge in [-0.1, -0.05) is 109 Å². The molecule has 3 nitrogen and oxygen atoms in total. The van der Waals surface area contributed by atoms with Crippen molar-refractivity contribution in [1.82, 2.24) is 0 Å². The lowest BCUT2D eigenvalue weighted by atomic mass is 9.58. The summed E-state index contributed by atoms with van der Waals surface area (Å²) >= 11 is 0. The molecule has 0 amide bonds. The fourth-order valence-corrected chi connectivity index (χ4v) is 6.21. The summed E-state index contributed by atoms with van der Waals surface area (Å²) < 4.78 is 0. The molecule has 6 aromatic carbocycles. The van der Waals surface area contributed by atoms with Gasteiger partial charge in [-0.15, -0.1) is 0 Å². The highest BCUT2D eigenvalue weighted by Crippen LogP contribution is 2.57. The second kappa shape index (κ2) is 7.81. The number of rotatable bonds is 2. The molecule has 0 unspecified atom stereocenters. The van der Waals surface area contributed by atoms with E-state index >= 15 is 4.79 Å². The molecule has 0 heterocycles. The minimum atomic E-state index is -1.50. The van der Waals surface area contributed by atoms with E-state index in [-0.39, 0.29) is 17.3 Å². The Morgan fingerprint density at radius 1 is 0.459 bits per heavy atom. The first kappa shape index (κ1) is 21.4. The highest BCUT2D eigenvalue weighted by Gasteiger charge is 2.53. The number of carbonyl (C=O) groups is 1. The maximum atomic E-state index is 15.1. The topological polar surface area (TPSA) is 57.5 Å². The number of carbonyl (C=O) groups excluding carboxylic acids is 1. The number of hydrogen-bond donors (Lipinski definition) is 2. The van der Waals surface area contributed by atoms with Crippen LogP contribution in [0.1, 0.15) is 27.0 Å². The van der Waals surface area contributed by atoms with Gasteiger partial charge in [0.1, 0.15) is 16.9 Å². The summed E-state index contributed by atoms with van der Waals surface area (Å²) in [6.07, 6.45) is 0. The van der Waals surface area contributed by atoms with Gasteiger partial charge in [0.2, 0.25) is 0 Å². The molecule has 176 valence electrons. The number of phenols is 2. The van der Waals surface area contributed by atoms with Crippen molar-refractivity contribution in [2.75, 3.05) is 0 Å². The SMILES string of the molecule is O=C1c2ccccc2-c2ccccc2C1(c1c(O)ccc2ccccc12)c1c(O)ccc2ccccc12. The zero-order valence-corrected chi connectivity index (χ0v) is 19.8. The van der Waals surface area contributed by atoms with E-state index in [1.165, 1.54) is 0 Å². The normalized spacial score (nSPS) is 13.9. The summed E-state index contributed by atoms with van der Waals surface area (Å²) in [6.45, 7) is 0. The van der Waals surface area contributed by atoms with Gasteiger partial charge in [-0.2, -0.15) is 0 Å². The average molecular weight is 479 g/mol. The second-order valence-electron chi connectivity index (χ2n) is 9.53. The highest BCUT2D eigenvalue weighted by atomic mass is 16.3. The first-order chi connectivity index (χ1) is 18.1. The maximum Gasteiger partial charge on any atom is 0.183 e. The number of Topliss-reactive ketones (excluding diaryl/α,β-unsaturated/α-hetero) is 1. The summed E-state index contributed by atoms with van der Waals surface area (Å²) in [5, 5.41) is 26.5. The van der Waals surface area contributed by atoms with Gasteiger partial charge in [-0.3, -0.25) is 4.79 Å². The molecule has 0 spiro atoms. The first-order valence-electron chi connectivity index (χ1n) is 12.3. The van der Waals surface area contributed by atoms with Crippen molar-refractivity contribution < 1.29 is 15.0 Å². The van der Waals surface area contributed by atoms with Crippen LogP contribution in [0.5, 0.6) is 11.5 Å². The highest BCUT2D eigenvalue weighted by molar-refractivity contribution is 6.20. The van der Waals surface area contributed by atoms with E-state index in [9.17, 15) is 10.2 Å². The quantitative estimate of drug-likeness (QED) is 0.269. The summed E-state index contributed by atoms with van der Waals surface area (Å²) in [7, 11) is 0. The molecule has 0 atom stereocenters. The Balaban J connectivity index is 1.79. The summed E-state index contributed by atoms with van der Waals surface area (Å²) in [5.41, 5.74) is 2.49. The van der Waals surface area contributed by atoms with Gasteiger partial charge in [-0.05, 0) is 50.4 Å². The predicted octanol–water partition coefficient (Wildman–Crippen LogP) is 7.60. The minimum absolute atomic E-state index is 0.00793. The van der Waals surface area contributed by atoms with E-state index in [0.29, 0.717) is 16.7 Å². The van der Waals surface area contributed by atoms with Crippen LogP contribution in [0.2, 0.25) is 0 Å². The molecule has 6 aromatic rings. The molecule has 2 N–H and O–H groups in total. The predicted molar refractivity (Wildman–Crippen MR) is 147 cm³/mol. The third-order valence-corrected chi connectivity index (χ3v) is 7.70. The fraction of sp³-hybridized carbons (Fsp3) is 0.0294. The monoisotopic (exact) mass is 478 g/mol. The van der Waals surface area contributed by atoms with Crippen molar-refractivity contribution in [1.29, 1.82) is 0 Å². The van der Waals surface area contributed by atoms with E-state index in [4.69, 9.17) is 0 Å². The average Bonchev–Trinajstić information content (AvgIpc) is 2.95. The van der Waals surface area contributed by atoms with Gasteiger partial charge in [0.05, 0.1) is 0 Å². The van der Waals surface area contributed by atoms with Crippen molar-refractivity contribution in [3.63, 3.8) is 0 Å². The molecule has 3 heteroatoms. The number of hydrogen-bond acceptors (Lipinski definition) is 3. The number of fused-ring (bicyclic) bond motifs is 5. The molecule has 0 aliphatic heterocycles. The largest absolute Gasteiger partial charge is 0.508 e. The molecule has 0 saturated carbocycles. The van der Waals surface area contributed by atoms with Gasteiger partial charge >= 0.3 is 0 Å². The Kier molecular flexibility index (Phi) is 4.51. The Bertz CT molecular complexity index is 1800. The van der Waals surface area contributed by atoms with Crippen molar-refractivity contribution >= 4 is 27.3 Å². The van der Waals surface area contributed by atoms with Crippen molar-refractivity contribution in [2.45, 2.75) is 5.41 Å².